The van der Waals surface area contributed by atoms with Crippen LogP contribution >= 0.6 is 11.8 Å². The van der Waals surface area contributed by atoms with Crippen molar-refractivity contribution in [3.05, 3.63) is 57.8 Å². The number of anilines is 1. The van der Waals surface area contributed by atoms with Gasteiger partial charge >= 0.3 is 0 Å². The van der Waals surface area contributed by atoms with Crippen molar-refractivity contribution in [2.45, 2.75) is 63.3 Å². The second-order valence-electron chi connectivity index (χ2n) is 9.96. The van der Waals surface area contributed by atoms with Gasteiger partial charge in [0.15, 0.2) is 0 Å². The molecule has 0 radical (unpaired) electrons. The third-order valence-corrected chi connectivity index (χ3v) is 8.38. The standard InChI is InChI=1S/C29H32N6OS/c1-19-14-21(16-30)15-20(2)26(19)36-28-27-25(8-5-13-37-27)33-29(34-28)32-24-9-11-35(12-10-24)18-23-7-4-3-6-22(23)17-31/h6-7,14-15,24H,3-5,8-13,18H2,1-2H3,(H,32,33,34). The number of benzene rings is 1. The number of aromatic nitrogens is 2. The molecule has 2 aromatic rings. The third kappa shape index (κ3) is 5.82. The Morgan fingerprint density at radius 3 is 2.57 bits per heavy atom. The Morgan fingerprint density at radius 1 is 1.08 bits per heavy atom. The summed E-state index contributed by atoms with van der Waals surface area (Å²) in [6.07, 6.45) is 10.3. The van der Waals surface area contributed by atoms with Crippen LogP contribution in [0.5, 0.6) is 11.6 Å². The molecule has 5 rings (SSSR count). The van der Waals surface area contributed by atoms with Crippen LogP contribution in [0.15, 0.2) is 40.3 Å². The number of hydrogen-bond acceptors (Lipinski definition) is 8. The molecule has 1 fully saturated rings. The number of thioether (sulfide) groups is 1. The van der Waals surface area contributed by atoms with Gasteiger partial charge < -0.3 is 10.1 Å². The van der Waals surface area contributed by atoms with E-state index in [1.807, 2.05) is 26.0 Å². The molecule has 1 N–H and O–H groups in total. The third-order valence-electron chi connectivity index (χ3n) is 7.18. The number of hydrogen-bond donors (Lipinski definition) is 1. The van der Waals surface area contributed by atoms with Crippen molar-refractivity contribution >= 4 is 17.7 Å². The topological polar surface area (TPSA) is 97.9 Å². The predicted molar refractivity (Wildman–Crippen MR) is 146 cm³/mol. The second kappa shape index (κ2) is 11.4. The maximum absolute atomic E-state index is 9.42. The molecule has 7 nitrogen and oxygen atoms in total. The molecule has 1 aromatic carbocycles. The Balaban J connectivity index is 1.29. The molecule has 0 amide bonds. The first-order valence-corrected chi connectivity index (χ1v) is 14.0. The molecule has 1 aliphatic carbocycles. The predicted octanol–water partition coefficient (Wildman–Crippen LogP) is 5.84. The van der Waals surface area contributed by atoms with Crippen LogP contribution in [-0.4, -0.2) is 46.3 Å². The largest absolute Gasteiger partial charge is 0.437 e. The fourth-order valence-electron chi connectivity index (χ4n) is 5.26. The van der Waals surface area contributed by atoms with Gasteiger partial charge in [-0.05, 0) is 87.0 Å². The number of piperidine rings is 1. The van der Waals surface area contributed by atoms with Gasteiger partial charge in [-0.3, -0.25) is 4.90 Å². The van der Waals surface area contributed by atoms with Crippen LogP contribution < -0.4 is 10.1 Å². The second-order valence-corrected chi connectivity index (χ2v) is 11.1. The Morgan fingerprint density at radius 2 is 1.84 bits per heavy atom. The Hall–Kier alpha value is -3.33. The molecule has 8 heteroatoms. The van der Waals surface area contributed by atoms with Crippen LogP contribution in [0.1, 0.15) is 54.5 Å². The number of fused-ring (bicyclic) bond motifs is 1. The summed E-state index contributed by atoms with van der Waals surface area (Å²) in [5.74, 6) is 3.02. The molecule has 1 aromatic heterocycles. The zero-order valence-electron chi connectivity index (χ0n) is 21.5. The quantitative estimate of drug-likeness (QED) is 0.515. The lowest BCUT2D eigenvalue weighted by atomic mass is 9.97. The SMILES string of the molecule is Cc1cc(C#N)cc(C)c1Oc1nc(NC2CCN(CC3=CCCC=C3C#N)CC2)nc2c1SCCC2. The zero-order chi connectivity index (χ0) is 25.8. The van der Waals surface area contributed by atoms with Crippen molar-refractivity contribution in [3.63, 3.8) is 0 Å². The van der Waals surface area contributed by atoms with Gasteiger partial charge in [-0.2, -0.15) is 15.5 Å². The number of allylic oxidation sites excluding steroid dienone is 2. The average molecular weight is 513 g/mol. The molecule has 2 aliphatic heterocycles. The highest BCUT2D eigenvalue weighted by Gasteiger charge is 2.25. The minimum Gasteiger partial charge on any atom is -0.437 e. The highest BCUT2D eigenvalue weighted by Crippen LogP contribution is 2.40. The number of nitrogens with zero attached hydrogens (tertiary/aromatic N) is 5. The number of nitrogens with one attached hydrogen (secondary N) is 1. The van der Waals surface area contributed by atoms with Crippen LogP contribution in [0.25, 0.3) is 0 Å². The van der Waals surface area contributed by atoms with Crippen LogP contribution in [0.3, 0.4) is 0 Å². The molecule has 3 heterocycles. The van der Waals surface area contributed by atoms with Crippen LogP contribution in [-0.2, 0) is 6.42 Å². The smallest absolute Gasteiger partial charge is 0.238 e. The van der Waals surface area contributed by atoms with Crippen molar-refractivity contribution in [2.75, 3.05) is 30.7 Å². The van der Waals surface area contributed by atoms with Gasteiger partial charge in [-0.1, -0.05) is 12.2 Å². The molecule has 37 heavy (non-hydrogen) atoms. The van der Waals surface area contributed by atoms with Crippen molar-refractivity contribution in [1.29, 1.82) is 10.5 Å². The van der Waals surface area contributed by atoms with E-state index in [0.717, 1.165) is 97.0 Å². The molecule has 1 saturated heterocycles. The number of aryl methyl sites for hydroxylation is 3. The van der Waals surface area contributed by atoms with Gasteiger partial charge in [0.25, 0.3) is 0 Å². The first-order chi connectivity index (χ1) is 18.0. The lowest BCUT2D eigenvalue weighted by molar-refractivity contribution is 0.236. The summed E-state index contributed by atoms with van der Waals surface area (Å²) in [6, 6.07) is 8.58. The van der Waals surface area contributed by atoms with Crippen LogP contribution in [0, 0.1) is 36.5 Å². The van der Waals surface area contributed by atoms with E-state index in [9.17, 15) is 10.5 Å². The van der Waals surface area contributed by atoms with Crippen molar-refractivity contribution in [1.82, 2.24) is 14.9 Å². The highest BCUT2D eigenvalue weighted by molar-refractivity contribution is 7.99. The monoisotopic (exact) mass is 512 g/mol. The van der Waals surface area contributed by atoms with Crippen molar-refractivity contribution < 1.29 is 4.74 Å². The van der Waals surface area contributed by atoms with Crippen molar-refractivity contribution in [2.24, 2.45) is 0 Å². The summed E-state index contributed by atoms with van der Waals surface area (Å²) in [5.41, 5.74) is 5.54. The molecule has 3 aliphatic rings. The first kappa shape index (κ1) is 25.3. The van der Waals surface area contributed by atoms with Crippen molar-refractivity contribution in [3.8, 4) is 23.8 Å². The van der Waals surface area contributed by atoms with E-state index < -0.39 is 0 Å². The molecule has 0 atom stereocenters. The molecule has 0 bridgehead atoms. The molecule has 190 valence electrons. The van der Waals surface area contributed by atoms with Gasteiger partial charge in [0.05, 0.1) is 33.9 Å². The van der Waals surface area contributed by atoms with Gasteiger partial charge in [-0.25, -0.2) is 4.98 Å². The minimum atomic E-state index is 0.295. The summed E-state index contributed by atoms with van der Waals surface area (Å²) < 4.78 is 6.42. The first-order valence-electron chi connectivity index (χ1n) is 13.1. The molecule has 0 saturated carbocycles. The lowest BCUT2D eigenvalue weighted by Gasteiger charge is -2.33. The van der Waals surface area contributed by atoms with E-state index in [2.05, 4.69) is 34.5 Å². The Labute approximate surface area is 223 Å². The minimum absolute atomic E-state index is 0.295. The number of rotatable bonds is 6. The fraction of sp³-hybridized carbons (Fsp3) is 0.448. The Bertz CT molecular complexity index is 1300. The maximum atomic E-state index is 9.42. The van der Waals surface area contributed by atoms with Gasteiger partial charge in [0.1, 0.15) is 5.75 Å². The molecule has 0 spiro atoms. The van der Waals surface area contributed by atoms with E-state index in [-0.39, 0.29) is 0 Å². The maximum Gasteiger partial charge on any atom is 0.238 e. The number of ether oxygens (including phenoxy) is 1. The van der Waals surface area contributed by atoms with Gasteiger partial charge in [-0.15, -0.1) is 11.8 Å². The van der Waals surface area contributed by atoms with E-state index >= 15 is 0 Å². The van der Waals surface area contributed by atoms with Crippen LogP contribution in [0.2, 0.25) is 0 Å². The van der Waals surface area contributed by atoms with E-state index in [1.165, 1.54) is 5.57 Å². The van der Waals surface area contributed by atoms with E-state index in [1.54, 1.807) is 11.8 Å². The van der Waals surface area contributed by atoms with E-state index in [4.69, 9.17) is 14.7 Å². The number of likely N-dealkylation sites (tertiary alicyclic amines) is 1. The molecular weight excluding hydrogens is 480 g/mol. The number of nitriles is 2. The zero-order valence-corrected chi connectivity index (χ0v) is 22.3. The van der Waals surface area contributed by atoms with E-state index in [0.29, 0.717) is 23.4 Å². The fourth-order valence-corrected chi connectivity index (χ4v) is 6.28. The summed E-state index contributed by atoms with van der Waals surface area (Å²) in [5, 5.41) is 22.3. The van der Waals surface area contributed by atoms with Gasteiger partial charge in [0.2, 0.25) is 11.8 Å². The molecular formula is C29H32N6OS. The summed E-state index contributed by atoms with van der Waals surface area (Å²) in [4.78, 5) is 13.2. The normalized spacial score (nSPS) is 18.2. The van der Waals surface area contributed by atoms with Gasteiger partial charge in [0, 0.05) is 25.7 Å². The van der Waals surface area contributed by atoms with Crippen LogP contribution in [0.4, 0.5) is 5.95 Å². The lowest BCUT2D eigenvalue weighted by Crippen LogP contribution is -2.40. The average Bonchev–Trinajstić information content (AvgIpc) is 2.92. The molecule has 0 unspecified atom stereocenters. The highest BCUT2D eigenvalue weighted by atomic mass is 32.2. The summed E-state index contributed by atoms with van der Waals surface area (Å²) in [7, 11) is 0. The summed E-state index contributed by atoms with van der Waals surface area (Å²) in [6.45, 7) is 6.73. The Kier molecular flexibility index (Phi) is 7.79. The summed E-state index contributed by atoms with van der Waals surface area (Å²) >= 11 is 1.76.